The number of hydrogen-bond donors (Lipinski definition) is 1. The molecule has 0 aliphatic carbocycles. The highest BCUT2D eigenvalue weighted by molar-refractivity contribution is 5.80. The fourth-order valence-electron chi connectivity index (χ4n) is 2.90. The van der Waals surface area contributed by atoms with Crippen molar-refractivity contribution in [3.05, 3.63) is 59.7 Å². The Morgan fingerprint density at radius 2 is 1.69 bits per heavy atom. The highest BCUT2D eigenvalue weighted by atomic mass is 16.5. The van der Waals surface area contributed by atoms with Gasteiger partial charge in [-0.15, -0.1) is 0 Å². The highest BCUT2D eigenvalue weighted by Crippen LogP contribution is 2.20. The summed E-state index contributed by atoms with van der Waals surface area (Å²) in [5.41, 5.74) is 3.40. The number of ether oxygens (including phenoxy) is 1. The molecule has 26 heavy (non-hydrogen) atoms. The molecule has 2 aromatic rings. The van der Waals surface area contributed by atoms with E-state index in [1.807, 2.05) is 24.3 Å². The van der Waals surface area contributed by atoms with Gasteiger partial charge in [0.2, 0.25) is 0 Å². The van der Waals surface area contributed by atoms with E-state index in [9.17, 15) is 4.79 Å². The first kappa shape index (κ1) is 19.8. The molecule has 0 heterocycles. The molecular formula is C22H30N2O2. The molecule has 0 radical (unpaired) electrons. The number of nitrogens with one attached hydrogen (secondary N) is 1. The predicted octanol–water partition coefficient (Wildman–Crippen LogP) is 4.18. The van der Waals surface area contributed by atoms with Gasteiger partial charge < -0.3 is 15.0 Å². The van der Waals surface area contributed by atoms with Gasteiger partial charge >= 0.3 is 0 Å². The van der Waals surface area contributed by atoms with Crippen LogP contribution in [0.25, 0.3) is 0 Å². The molecule has 0 saturated carbocycles. The van der Waals surface area contributed by atoms with Crippen molar-refractivity contribution in [2.24, 2.45) is 0 Å². The zero-order chi connectivity index (χ0) is 18.9. The van der Waals surface area contributed by atoms with Gasteiger partial charge in [-0.1, -0.05) is 37.3 Å². The van der Waals surface area contributed by atoms with Crippen LogP contribution in [0.15, 0.2) is 48.5 Å². The van der Waals surface area contributed by atoms with Crippen molar-refractivity contribution in [2.45, 2.75) is 46.8 Å². The van der Waals surface area contributed by atoms with Crippen molar-refractivity contribution in [2.75, 3.05) is 18.0 Å². The van der Waals surface area contributed by atoms with Crippen LogP contribution in [0.2, 0.25) is 0 Å². The van der Waals surface area contributed by atoms with Crippen LogP contribution in [-0.4, -0.2) is 25.1 Å². The van der Waals surface area contributed by atoms with Crippen LogP contribution >= 0.6 is 0 Å². The Balaban J connectivity index is 1.89. The number of hydrogen-bond acceptors (Lipinski definition) is 3. The van der Waals surface area contributed by atoms with E-state index >= 15 is 0 Å². The third-order valence-electron chi connectivity index (χ3n) is 4.56. The summed E-state index contributed by atoms with van der Waals surface area (Å²) < 4.78 is 5.85. The molecule has 0 aliphatic heterocycles. The number of anilines is 1. The third kappa shape index (κ3) is 5.25. The van der Waals surface area contributed by atoms with Gasteiger partial charge in [0.1, 0.15) is 5.75 Å². The van der Waals surface area contributed by atoms with E-state index in [2.05, 4.69) is 55.3 Å². The number of nitrogens with zero attached hydrogens (tertiary/aromatic N) is 1. The lowest BCUT2D eigenvalue weighted by atomic mass is 10.1. The minimum absolute atomic E-state index is 0.108. The largest absolute Gasteiger partial charge is 0.481 e. The molecule has 1 amide bonds. The lowest BCUT2D eigenvalue weighted by Gasteiger charge is -2.21. The lowest BCUT2D eigenvalue weighted by molar-refractivity contribution is -0.127. The van der Waals surface area contributed by atoms with Gasteiger partial charge in [0.25, 0.3) is 5.91 Å². The average molecular weight is 354 g/mol. The number of amides is 1. The molecule has 0 fully saturated rings. The molecule has 4 heteroatoms. The zero-order valence-corrected chi connectivity index (χ0v) is 16.3. The van der Waals surface area contributed by atoms with E-state index in [0.717, 1.165) is 36.4 Å². The first-order valence-electron chi connectivity index (χ1n) is 9.45. The van der Waals surface area contributed by atoms with Crippen LogP contribution in [0, 0.1) is 0 Å². The van der Waals surface area contributed by atoms with Gasteiger partial charge in [0.15, 0.2) is 6.10 Å². The monoisotopic (exact) mass is 354 g/mol. The number of para-hydroxylation sites is 1. The fraction of sp³-hybridized carbons (Fsp3) is 0.409. The standard InChI is InChI=1S/C22H30N2O2/c1-5-19-10-8-9-11-21(19)26-17(4)22(25)23-16-18-12-14-20(15-13-18)24(6-2)7-3/h8-15,17H,5-7,16H2,1-4H3,(H,23,25)/t17-/m0/s1. The van der Waals surface area contributed by atoms with Crippen LogP contribution in [0.4, 0.5) is 5.69 Å². The van der Waals surface area contributed by atoms with Crippen molar-refractivity contribution >= 4 is 11.6 Å². The molecule has 140 valence electrons. The van der Waals surface area contributed by atoms with Crippen LogP contribution in [0.3, 0.4) is 0 Å². The minimum Gasteiger partial charge on any atom is -0.481 e. The fourth-order valence-corrected chi connectivity index (χ4v) is 2.90. The van der Waals surface area contributed by atoms with E-state index < -0.39 is 6.10 Å². The first-order chi connectivity index (χ1) is 12.6. The van der Waals surface area contributed by atoms with Gasteiger partial charge in [-0.2, -0.15) is 0 Å². The van der Waals surface area contributed by atoms with Gasteiger partial charge in [-0.05, 0) is 56.5 Å². The highest BCUT2D eigenvalue weighted by Gasteiger charge is 2.15. The molecule has 2 aromatic carbocycles. The van der Waals surface area contributed by atoms with Crippen LogP contribution in [0.5, 0.6) is 5.75 Å². The number of rotatable bonds is 9. The summed E-state index contributed by atoms with van der Waals surface area (Å²) in [5, 5.41) is 2.96. The summed E-state index contributed by atoms with van der Waals surface area (Å²) in [4.78, 5) is 14.6. The summed E-state index contributed by atoms with van der Waals surface area (Å²) in [5.74, 6) is 0.671. The Morgan fingerprint density at radius 3 is 2.31 bits per heavy atom. The van der Waals surface area contributed by atoms with Crippen molar-refractivity contribution in [3.63, 3.8) is 0 Å². The normalized spacial score (nSPS) is 11.7. The van der Waals surface area contributed by atoms with Crippen molar-refractivity contribution in [1.29, 1.82) is 0 Å². The topological polar surface area (TPSA) is 41.6 Å². The van der Waals surface area contributed by atoms with E-state index in [1.165, 1.54) is 5.69 Å². The SMILES string of the molecule is CCc1ccccc1O[C@@H](C)C(=O)NCc1ccc(N(CC)CC)cc1. The van der Waals surface area contributed by atoms with Crippen molar-refractivity contribution < 1.29 is 9.53 Å². The Kier molecular flexibility index (Phi) is 7.52. The van der Waals surface area contributed by atoms with E-state index in [1.54, 1.807) is 6.92 Å². The molecule has 0 saturated heterocycles. The Bertz CT molecular complexity index is 694. The Hall–Kier alpha value is -2.49. The molecule has 0 aromatic heterocycles. The maximum Gasteiger partial charge on any atom is 0.261 e. The molecule has 0 bridgehead atoms. The summed E-state index contributed by atoms with van der Waals surface area (Å²) in [7, 11) is 0. The average Bonchev–Trinajstić information content (AvgIpc) is 2.68. The number of aryl methyl sites for hydroxylation is 1. The number of benzene rings is 2. The van der Waals surface area contributed by atoms with Gasteiger partial charge in [0.05, 0.1) is 0 Å². The second-order valence-electron chi connectivity index (χ2n) is 6.28. The van der Waals surface area contributed by atoms with E-state index in [0.29, 0.717) is 6.54 Å². The van der Waals surface area contributed by atoms with Gasteiger partial charge in [0, 0.05) is 25.3 Å². The molecule has 2 rings (SSSR count). The second kappa shape index (κ2) is 9.85. The van der Waals surface area contributed by atoms with Gasteiger partial charge in [-0.25, -0.2) is 0 Å². The smallest absolute Gasteiger partial charge is 0.261 e. The van der Waals surface area contributed by atoms with Crippen LogP contribution < -0.4 is 15.0 Å². The summed E-state index contributed by atoms with van der Waals surface area (Å²) >= 11 is 0. The molecule has 0 aliphatic rings. The molecule has 0 spiro atoms. The molecule has 0 unspecified atom stereocenters. The second-order valence-corrected chi connectivity index (χ2v) is 6.28. The van der Waals surface area contributed by atoms with E-state index in [-0.39, 0.29) is 5.91 Å². The summed E-state index contributed by atoms with van der Waals surface area (Å²) in [6.45, 7) is 10.6. The molecule has 4 nitrogen and oxygen atoms in total. The molecule has 1 atom stereocenters. The first-order valence-corrected chi connectivity index (χ1v) is 9.45. The summed E-state index contributed by atoms with van der Waals surface area (Å²) in [6, 6.07) is 16.2. The van der Waals surface area contributed by atoms with Crippen LogP contribution in [-0.2, 0) is 17.8 Å². The minimum atomic E-state index is -0.530. The van der Waals surface area contributed by atoms with Gasteiger partial charge in [-0.3, -0.25) is 4.79 Å². The quantitative estimate of drug-likeness (QED) is 0.734. The van der Waals surface area contributed by atoms with Crippen molar-refractivity contribution in [3.8, 4) is 5.75 Å². The lowest BCUT2D eigenvalue weighted by Crippen LogP contribution is -2.36. The summed E-state index contributed by atoms with van der Waals surface area (Å²) in [6.07, 6.45) is 0.348. The number of carbonyl (C=O) groups is 1. The van der Waals surface area contributed by atoms with E-state index in [4.69, 9.17) is 4.74 Å². The maximum atomic E-state index is 12.3. The number of carbonyl (C=O) groups excluding carboxylic acids is 1. The molecular weight excluding hydrogens is 324 g/mol. The Morgan fingerprint density at radius 1 is 1.04 bits per heavy atom. The van der Waals surface area contributed by atoms with Crippen LogP contribution in [0.1, 0.15) is 38.8 Å². The Labute approximate surface area is 157 Å². The van der Waals surface area contributed by atoms with Crippen molar-refractivity contribution in [1.82, 2.24) is 5.32 Å². The third-order valence-corrected chi connectivity index (χ3v) is 4.56. The predicted molar refractivity (Wildman–Crippen MR) is 108 cm³/mol. The maximum absolute atomic E-state index is 12.3. The zero-order valence-electron chi connectivity index (χ0n) is 16.3. The molecule has 1 N–H and O–H groups in total.